The molecule has 0 aliphatic carbocycles. The monoisotopic (exact) mass is 383 g/mol. The van der Waals surface area contributed by atoms with Crippen molar-refractivity contribution < 1.29 is 19.1 Å². The molecule has 1 aromatic heterocycles. The van der Waals surface area contributed by atoms with E-state index in [9.17, 15) is 9.59 Å². The lowest BCUT2D eigenvalue weighted by molar-refractivity contribution is -0.123. The lowest BCUT2D eigenvalue weighted by Gasteiger charge is -2.20. The Morgan fingerprint density at radius 3 is 2.75 bits per heavy atom. The Balaban J connectivity index is 1.59. The zero-order valence-corrected chi connectivity index (χ0v) is 16.1. The molecule has 3 rings (SSSR count). The summed E-state index contributed by atoms with van der Waals surface area (Å²) in [6.07, 6.45) is 4.73. The van der Waals surface area contributed by atoms with Gasteiger partial charge in [-0.2, -0.15) is 0 Å². The van der Waals surface area contributed by atoms with E-state index in [4.69, 9.17) is 9.47 Å². The second kappa shape index (κ2) is 9.21. The van der Waals surface area contributed by atoms with Crippen LogP contribution in [0.5, 0.6) is 11.5 Å². The molecule has 7 nitrogen and oxygen atoms in total. The zero-order chi connectivity index (χ0) is 19.9. The molecular weight excluding hydrogens is 358 g/mol. The summed E-state index contributed by atoms with van der Waals surface area (Å²) in [6.45, 7) is 4.67. The van der Waals surface area contributed by atoms with Gasteiger partial charge in [0, 0.05) is 24.5 Å². The first-order chi connectivity index (χ1) is 13.5. The largest absolute Gasteiger partial charge is 0.454 e. The zero-order valence-electron chi connectivity index (χ0n) is 16.1. The van der Waals surface area contributed by atoms with Crippen LogP contribution in [0, 0.1) is 5.92 Å². The van der Waals surface area contributed by atoms with Crippen molar-refractivity contribution in [2.24, 2.45) is 5.92 Å². The maximum Gasteiger partial charge on any atom is 0.252 e. The third kappa shape index (κ3) is 5.22. The Bertz CT molecular complexity index is 824. The van der Waals surface area contributed by atoms with Gasteiger partial charge >= 0.3 is 0 Å². The first kappa shape index (κ1) is 19.7. The van der Waals surface area contributed by atoms with Crippen molar-refractivity contribution in [3.05, 3.63) is 53.9 Å². The van der Waals surface area contributed by atoms with Crippen LogP contribution in [0.3, 0.4) is 0 Å². The van der Waals surface area contributed by atoms with E-state index < -0.39 is 6.04 Å². The van der Waals surface area contributed by atoms with E-state index >= 15 is 0 Å². The summed E-state index contributed by atoms with van der Waals surface area (Å²) in [5.74, 6) is 0.904. The fraction of sp³-hybridized carbons (Fsp3) is 0.381. The van der Waals surface area contributed by atoms with Gasteiger partial charge in [-0.3, -0.25) is 14.6 Å². The van der Waals surface area contributed by atoms with Crippen molar-refractivity contribution >= 4 is 11.8 Å². The number of carbonyl (C=O) groups is 2. The molecule has 148 valence electrons. The molecule has 1 aliphatic rings. The topological polar surface area (TPSA) is 89.5 Å². The molecule has 0 bridgehead atoms. The van der Waals surface area contributed by atoms with Crippen molar-refractivity contribution in [3.8, 4) is 11.5 Å². The van der Waals surface area contributed by atoms with Gasteiger partial charge in [0.05, 0.1) is 0 Å². The van der Waals surface area contributed by atoms with E-state index in [0.717, 1.165) is 5.56 Å². The highest BCUT2D eigenvalue weighted by atomic mass is 16.7. The molecule has 7 heteroatoms. The molecule has 2 aromatic rings. The van der Waals surface area contributed by atoms with Crippen molar-refractivity contribution in [2.45, 2.75) is 32.7 Å². The number of fused-ring (bicyclic) bond motifs is 1. The Kier molecular flexibility index (Phi) is 6.47. The standard InChI is InChI=1S/C21H25N3O4/c1-14(2)10-17(21(26)23-9-7-15-4-3-8-22-12-15)24-20(25)16-5-6-18-19(11-16)28-13-27-18/h3-6,8,11-12,14,17H,7,9-10,13H2,1-2H3,(H,23,26)(H,24,25)/t17-/m1/s1. The quantitative estimate of drug-likeness (QED) is 0.730. The van der Waals surface area contributed by atoms with Gasteiger partial charge in [-0.25, -0.2) is 0 Å². The number of rotatable bonds is 8. The summed E-state index contributed by atoms with van der Waals surface area (Å²) < 4.78 is 10.6. The van der Waals surface area contributed by atoms with Crippen LogP contribution < -0.4 is 20.1 Å². The number of amides is 2. The lowest BCUT2D eigenvalue weighted by atomic mass is 10.0. The molecule has 0 saturated heterocycles. The highest BCUT2D eigenvalue weighted by Gasteiger charge is 2.23. The van der Waals surface area contributed by atoms with E-state index in [0.29, 0.717) is 36.4 Å². The Labute approximate surface area is 164 Å². The molecule has 0 unspecified atom stereocenters. The molecule has 2 heterocycles. The molecule has 0 saturated carbocycles. The Hall–Kier alpha value is -3.09. The van der Waals surface area contributed by atoms with Crippen LogP contribution in [0.15, 0.2) is 42.7 Å². The van der Waals surface area contributed by atoms with Crippen LogP contribution in [0.4, 0.5) is 0 Å². The molecule has 2 amide bonds. The van der Waals surface area contributed by atoms with E-state index in [1.165, 1.54) is 0 Å². The molecule has 1 atom stereocenters. The molecule has 28 heavy (non-hydrogen) atoms. The molecule has 0 radical (unpaired) electrons. The summed E-state index contributed by atoms with van der Waals surface area (Å²) in [4.78, 5) is 29.3. The summed E-state index contributed by atoms with van der Waals surface area (Å²) >= 11 is 0. The normalized spacial score (nSPS) is 13.2. The average Bonchev–Trinajstić information content (AvgIpc) is 3.15. The smallest absolute Gasteiger partial charge is 0.252 e. The number of carbonyl (C=O) groups excluding carboxylic acids is 2. The van der Waals surface area contributed by atoms with Gasteiger partial charge < -0.3 is 20.1 Å². The van der Waals surface area contributed by atoms with Crippen LogP contribution in [-0.4, -0.2) is 36.2 Å². The number of nitrogens with one attached hydrogen (secondary N) is 2. The predicted octanol–water partition coefficient (Wildman–Crippen LogP) is 2.31. The molecule has 2 N–H and O–H groups in total. The van der Waals surface area contributed by atoms with Gasteiger partial charge in [0.15, 0.2) is 11.5 Å². The van der Waals surface area contributed by atoms with Crippen molar-refractivity contribution in [1.82, 2.24) is 15.6 Å². The van der Waals surface area contributed by atoms with Gasteiger partial charge in [-0.1, -0.05) is 19.9 Å². The van der Waals surface area contributed by atoms with Crippen molar-refractivity contribution in [2.75, 3.05) is 13.3 Å². The van der Waals surface area contributed by atoms with Gasteiger partial charge in [0.25, 0.3) is 5.91 Å². The van der Waals surface area contributed by atoms with Gasteiger partial charge in [0.1, 0.15) is 6.04 Å². The fourth-order valence-electron chi connectivity index (χ4n) is 2.98. The summed E-state index contributed by atoms with van der Waals surface area (Å²) in [5.41, 5.74) is 1.48. The van der Waals surface area contributed by atoms with Crippen molar-refractivity contribution in [3.63, 3.8) is 0 Å². The van der Waals surface area contributed by atoms with E-state index in [1.54, 1.807) is 30.6 Å². The molecule has 0 spiro atoms. The van der Waals surface area contributed by atoms with E-state index in [-0.39, 0.29) is 24.5 Å². The minimum absolute atomic E-state index is 0.149. The van der Waals surface area contributed by atoms with E-state index in [2.05, 4.69) is 15.6 Å². The summed E-state index contributed by atoms with van der Waals surface area (Å²) in [6, 6.07) is 8.21. The maximum absolute atomic E-state index is 12.6. The van der Waals surface area contributed by atoms with Crippen LogP contribution in [0.25, 0.3) is 0 Å². The Morgan fingerprint density at radius 1 is 1.18 bits per heavy atom. The van der Waals surface area contributed by atoms with Crippen molar-refractivity contribution in [1.29, 1.82) is 0 Å². The third-order valence-corrected chi connectivity index (χ3v) is 4.40. The van der Waals surface area contributed by atoms with Crippen LogP contribution in [-0.2, 0) is 11.2 Å². The first-order valence-corrected chi connectivity index (χ1v) is 9.40. The first-order valence-electron chi connectivity index (χ1n) is 9.40. The number of benzene rings is 1. The number of nitrogens with zero attached hydrogens (tertiary/aromatic N) is 1. The van der Waals surface area contributed by atoms with E-state index in [1.807, 2.05) is 26.0 Å². The summed E-state index contributed by atoms with van der Waals surface area (Å²) in [5, 5.41) is 5.75. The predicted molar refractivity (Wildman–Crippen MR) is 104 cm³/mol. The van der Waals surface area contributed by atoms with Gasteiger partial charge in [-0.05, 0) is 48.6 Å². The average molecular weight is 383 g/mol. The van der Waals surface area contributed by atoms with Crippen LogP contribution in [0.2, 0.25) is 0 Å². The highest BCUT2D eigenvalue weighted by Crippen LogP contribution is 2.32. The van der Waals surface area contributed by atoms with Crippen LogP contribution >= 0.6 is 0 Å². The molecular formula is C21H25N3O4. The second-order valence-electron chi connectivity index (χ2n) is 7.13. The fourth-order valence-corrected chi connectivity index (χ4v) is 2.98. The number of hydrogen-bond donors (Lipinski definition) is 2. The SMILES string of the molecule is CC(C)C[C@@H](NC(=O)c1ccc2c(c1)OCO2)C(=O)NCCc1cccnc1. The summed E-state index contributed by atoms with van der Waals surface area (Å²) in [7, 11) is 0. The number of aromatic nitrogens is 1. The minimum atomic E-state index is -0.605. The second-order valence-corrected chi connectivity index (χ2v) is 7.13. The minimum Gasteiger partial charge on any atom is -0.454 e. The third-order valence-electron chi connectivity index (χ3n) is 4.40. The molecule has 1 aliphatic heterocycles. The van der Waals surface area contributed by atoms with Gasteiger partial charge in [-0.15, -0.1) is 0 Å². The highest BCUT2D eigenvalue weighted by molar-refractivity contribution is 5.98. The lowest BCUT2D eigenvalue weighted by Crippen LogP contribution is -2.47. The number of hydrogen-bond acceptors (Lipinski definition) is 5. The molecule has 0 fully saturated rings. The number of ether oxygens (including phenoxy) is 2. The van der Waals surface area contributed by atoms with Gasteiger partial charge in [0.2, 0.25) is 12.7 Å². The maximum atomic E-state index is 12.6. The van der Waals surface area contributed by atoms with Crippen LogP contribution in [0.1, 0.15) is 36.2 Å². The number of pyridine rings is 1. The Morgan fingerprint density at radius 2 is 2.00 bits per heavy atom. The molecule has 1 aromatic carbocycles.